The highest BCUT2D eigenvalue weighted by Crippen LogP contribution is 2.25. The SMILES string of the molecule is Cc1ccc(N(CC(=O)N/N=C/c2cc(C)n(-c3c(C)cccc3C)c2C)S(C)(=O)=O)cc1. The fraction of sp³-hybridized carbons (Fsp3) is 0.280. The first kappa shape index (κ1) is 24.3. The standard InChI is InChI=1S/C25H30N4O3S/c1-17-10-12-23(13-11-17)28(33(6,31)32)16-24(30)27-26-15-22-14-20(4)29(21(22)5)25-18(2)8-7-9-19(25)3/h7-15H,16H2,1-6H3,(H,27,30)/b26-15+. The summed E-state index contributed by atoms with van der Waals surface area (Å²) in [5.41, 5.74) is 10.3. The number of benzene rings is 2. The Balaban J connectivity index is 1.77. The molecule has 0 spiro atoms. The smallest absolute Gasteiger partial charge is 0.260 e. The van der Waals surface area contributed by atoms with Crippen LogP contribution in [0, 0.1) is 34.6 Å². The van der Waals surface area contributed by atoms with Gasteiger partial charge < -0.3 is 4.57 Å². The number of hydrogen-bond donors (Lipinski definition) is 1. The van der Waals surface area contributed by atoms with Crippen molar-refractivity contribution in [2.75, 3.05) is 17.1 Å². The number of rotatable bonds is 7. The lowest BCUT2D eigenvalue weighted by Gasteiger charge is -2.21. The van der Waals surface area contributed by atoms with Gasteiger partial charge in [0, 0.05) is 17.0 Å². The lowest BCUT2D eigenvalue weighted by Crippen LogP contribution is -2.39. The molecule has 0 saturated heterocycles. The first-order chi connectivity index (χ1) is 15.5. The van der Waals surface area contributed by atoms with E-state index in [-0.39, 0.29) is 6.54 Å². The molecule has 33 heavy (non-hydrogen) atoms. The zero-order valence-electron chi connectivity index (χ0n) is 19.9. The van der Waals surface area contributed by atoms with Crippen molar-refractivity contribution in [1.29, 1.82) is 0 Å². The van der Waals surface area contributed by atoms with E-state index in [1.54, 1.807) is 30.5 Å². The molecule has 174 valence electrons. The maximum atomic E-state index is 12.5. The molecule has 0 atom stereocenters. The van der Waals surface area contributed by atoms with Crippen LogP contribution in [0.15, 0.2) is 53.6 Å². The summed E-state index contributed by atoms with van der Waals surface area (Å²) in [6, 6.07) is 15.2. The van der Waals surface area contributed by atoms with Crippen LogP contribution in [0.4, 0.5) is 5.69 Å². The zero-order valence-corrected chi connectivity index (χ0v) is 20.7. The highest BCUT2D eigenvalue weighted by atomic mass is 32.2. The zero-order chi connectivity index (χ0) is 24.3. The van der Waals surface area contributed by atoms with E-state index in [1.165, 1.54) is 11.1 Å². The number of hydrogen-bond acceptors (Lipinski definition) is 4. The van der Waals surface area contributed by atoms with Crippen molar-refractivity contribution < 1.29 is 13.2 Å². The van der Waals surface area contributed by atoms with Crippen LogP contribution >= 0.6 is 0 Å². The van der Waals surface area contributed by atoms with E-state index < -0.39 is 15.9 Å². The summed E-state index contributed by atoms with van der Waals surface area (Å²) >= 11 is 0. The third kappa shape index (κ3) is 5.51. The Morgan fingerprint density at radius 1 is 1.03 bits per heavy atom. The molecule has 1 amide bonds. The number of para-hydroxylation sites is 1. The number of nitrogens with one attached hydrogen (secondary N) is 1. The quantitative estimate of drug-likeness (QED) is 0.423. The number of aryl methyl sites for hydroxylation is 4. The summed E-state index contributed by atoms with van der Waals surface area (Å²) < 4.78 is 27.7. The van der Waals surface area contributed by atoms with Gasteiger partial charge in [-0.2, -0.15) is 5.10 Å². The Labute approximate surface area is 195 Å². The molecule has 7 nitrogen and oxygen atoms in total. The Hall–Kier alpha value is -3.39. The van der Waals surface area contributed by atoms with E-state index in [2.05, 4.69) is 41.1 Å². The van der Waals surface area contributed by atoms with E-state index in [4.69, 9.17) is 0 Å². The molecule has 0 saturated carbocycles. The van der Waals surface area contributed by atoms with E-state index in [1.807, 2.05) is 32.9 Å². The molecule has 0 fully saturated rings. The average molecular weight is 467 g/mol. The van der Waals surface area contributed by atoms with Gasteiger partial charge in [-0.15, -0.1) is 0 Å². The first-order valence-corrected chi connectivity index (χ1v) is 12.5. The number of carbonyl (C=O) groups is 1. The monoisotopic (exact) mass is 466 g/mol. The molecule has 2 aromatic carbocycles. The second-order valence-electron chi connectivity index (χ2n) is 8.30. The van der Waals surface area contributed by atoms with Crippen LogP contribution in [-0.4, -0.2) is 37.9 Å². The van der Waals surface area contributed by atoms with Gasteiger partial charge in [-0.3, -0.25) is 9.10 Å². The molecule has 1 heterocycles. The molecule has 0 unspecified atom stereocenters. The summed E-state index contributed by atoms with van der Waals surface area (Å²) in [5.74, 6) is -0.527. The maximum absolute atomic E-state index is 12.5. The topological polar surface area (TPSA) is 83.8 Å². The molecule has 0 bridgehead atoms. The average Bonchev–Trinajstić information content (AvgIpc) is 3.00. The number of anilines is 1. The van der Waals surface area contributed by atoms with Gasteiger partial charge in [0.1, 0.15) is 6.54 Å². The summed E-state index contributed by atoms with van der Waals surface area (Å²) in [6.07, 6.45) is 2.66. The number of aromatic nitrogens is 1. The molecule has 0 aliphatic carbocycles. The van der Waals surface area contributed by atoms with Crippen molar-refractivity contribution in [3.8, 4) is 5.69 Å². The van der Waals surface area contributed by atoms with Crippen molar-refractivity contribution in [1.82, 2.24) is 9.99 Å². The van der Waals surface area contributed by atoms with Gasteiger partial charge in [-0.25, -0.2) is 13.8 Å². The number of amides is 1. The largest absolute Gasteiger partial charge is 0.317 e. The summed E-state index contributed by atoms with van der Waals surface area (Å²) in [7, 11) is -3.63. The van der Waals surface area contributed by atoms with Gasteiger partial charge in [0.05, 0.1) is 23.8 Å². The highest BCUT2D eigenvalue weighted by molar-refractivity contribution is 7.92. The Kier molecular flexibility index (Phi) is 7.07. The van der Waals surface area contributed by atoms with Gasteiger partial charge in [0.2, 0.25) is 10.0 Å². The van der Waals surface area contributed by atoms with Gasteiger partial charge >= 0.3 is 0 Å². The van der Waals surface area contributed by atoms with Crippen molar-refractivity contribution in [2.24, 2.45) is 5.10 Å². The van der Waals surface area contributed by atoms with E-state index in [9.17, 15) is 13.2 Å². The van der Waals surface area contributed by atoms with Crippen LogP contribution in [-0.2, 0) is 14.8 Å². The summed E-state index contributed by atoms with van der Waals surface area (Å²) in [6.45, 7) is 9.74. The second-order valence-corrected chi connectivity index (χ2v) is 10.2. The number of sulfonamides is 1. The van der Waals surface area contributed by atoms with Crippen molar-refractivity contribution >= 4 is 27.8 Å². The molecule has 3 rings (SSSR count). The summed E-state index contributed by atoms with van der Waals surface area (Å²) in [4.78, 5) is 12.5. The van der Waals surface area contributed by atoms with Crippen LogP contribution < -0.4 is 9.73 Å². The molecule has 3 aromatic rings. The molecule has 0 aliphatic rings. The van der Waals surface area contributed by atoms with Crippen LogP contribution in [0.5, 0.6) is 0 Å². The van der Waals surface area contributed by atoms with Crippen LogP contribution in [0.25, 0.3) is 5.69 Å². The normalized spacial score (nSPS) is 11.7. The highest BCUT2D eigenvalue weighted by Gasteiger charge is 2.20. The molecule has 8 heteroatoms. The third-order valence-electron chi connectivity index (χ3n) is 5.54. The molecule has 0 radical (unpaired) electrons. The van der Waals surface area contributed by atoms with Crippen molar-refractivity contribution in [2.45, 2.75) is 34.6 Å². The number of hydrazone groups is 1. The number of carbonyl (C=O) groups excluding carboxylic acids is 1. The van der Waals surface area contributed by atoms with Gasteiger partial charge in [-0.05, 0) is 63.9 Å². The molecular weight excluding hydrogens is 436 g/mol. The van der Waals surface area contributed by atoms with Gasteiger partial charge in [0.25, 0.3) is 5.91 Å². The predicted octanol–water partition coefficient (Wildman–Crippen LogP) is 3.94. The van der Waals surface area contributed by atoms with Gasteiger partial charge in [0.15, 0.2) is 0 Å². The Morgan fingerprint density at radius 2 is 1.64 bits per heavy atom. The third-order valence-corrected chi connectivity index (χ3v) is 6.68. The van der Waals surface area contributed by atoms with Crippen LogP contribution in [0.1, 0.15) is 33.6 Å². The van der Waals surface area contributed by atoms with Crippen molar-refractivity contribution in [3.05, 3.63) is 82.2 Å². The molecule has 1 aromatic heterocycles. The Morgan fingerprint density at radius 3 is 2.21 bits per heavy atom. The number of nitrogens with zero attached hydrogens (tertiary/aromatic N) is 3. The minimum atomic E-state index is -3.63. The first-order valence-electron chi connectivity index (χ1n) is 10.6. The fourth-order valence-corrected chi connectivity index (χ4v) is 4.73. The second kappa shape index (κ2) is 9.62. The van der Waals surface area contributed by atoms with Crippen LogP contribution in [0.2, 0.25) is 0 Å². The van der Waals surface area contributed by atoms with Gasteiger partial charge in [-0.1, -0.05) is 35.9 Å². The molecule has 1 N–H and O–H groups in total. The van der Waals surface area contributed by atoms with Crippen molar-refractivity contribution in [3.63, 3.8) is 0 Å². The van der Waals surface area contributed by atoms with E-state index in [0.29, 0.717) is 5.69 Å². The Bertz CT molecular complexity index is 1290. The van der Waals surface area contributed by atoms with E-state index >= 15 is 0 Å². The minimum Gasteiger partial charge on any atom is -0.317 e. The minimum absolute atomic E-state index is 0.360. The lowest BCUT2D eigenvalue weighted by atomic mass is 10.1. The molecule has 0 aliphatic heterocycles. The maximum Gasteiger partial charge on any atom is 0.260 e. The summed E-state index contributed by atoms with van der Waals surface area (Å²) in [5, 5.41) is 4.08. The lowest BCUT2D eigenvalue weighted by molar-refractivity contribution is -0.119. The molecular formula is C25H30N4O3S. The predicted molar refractivity (Wildman–Crippen MR) is 134 cm³/mol. The van der Waals surface area contributed by atoms with Crippen LogP contribution in [0.3, 0.4) is 0 Å². The van der Waals surface area contributed by atoms with E-state index in [0.717, 1.165) is 38.8 Å². The fourth-order valence-electron chi connectivity index (χ4n) is 3.87.